The molecule has 0 aromatic heterocycles. The van der Waals surface area contributed by atoms with Crippen molar-refractivity contribution < 1.29 is 0 Å². The molecule has 2 heteroatoms. The zero-order valence-electron chi connectivity index (χ0n) is 21.0. The lowest BCUT2D eigenvalue weighted by atomic mass is 9.89. The molecule has 6 rings (SSSR count). The Morgan fingerprint density at radius 2 is 0.639 bits per heavy atom. The molecule has 0 heterocycles. The Kier molecular flexibility index (Phi) is 7.65. The minimum atomic E-state index is -0.347. The second kappa shape index (κ2) is 11.4. The Bertz CT molecular complexity index is 1030. The number of hydrogen-bond donors (Lipinski definition) is 0. The van der Waals surface area contributed by atoms with Crippen molar-refractivity contribution in [3.05, 3.63) is 121 Å². The number of rotatable bonds is 7. The lowest BCUT2D eigenvalue weighted by Gasteiger charge is -2.38. The number of benzene rings is 4. The summed E-state index contributed by atoms with van der Waals surface area (Å²) in [7, 11) is -0.694. The molecule has 0 amide bonds. The molecular weight excluding hydrogens is 470 g/mol. The molecule has 4 aromatic carbocycles. The predicted molar refractivity (Wildman–Crippen MR) is 160 cm³/mol. The lowest BCUT2D eigenvalue weighted by Crippen LogP contribution is -2.34. The van der Waals surface area contributed by atoms with Gasteiger partial charge in [0.15, 0.2) is 0 Å². The highest BCUT2D eigenvalue weighted by Gasteiger charge is 2.46. The van der Waals surface area contributed by atoms with Crippen LogP contribution in [0, 0.1) is 11.8 Å². The molecule has 2 fully saturated rings. The van der Waals surface area contributed by atoms with E-state index in [0.717, 1.165) is 23.2 Å². The van der Waals surface area contributed by atoms with Crippen molar-refractivity contribution in [2.45, 2.75) is 49.8 Å². The molecule has 4 atom stereocenters. The largest absolute Gasteiger partial charge is 0.0622 e. The monoisotopic (exact) mass is 506 g/mol. The van der Waals surface area contributed by atoms with Crippen LogP contribution in [0.15, 0.2) is 121 Å². The average molecular weight is 507 g/mol. The molecule has 0 N–H and O–H groups in total. The van der Waals surface area contributed by atoms with Crippen LogP contribution in [0.5, 0.6) is 0 Å². The van der Waals surface area contributed by atoms with Crippen molar-refractivity contribution in [1.29, 1.82) is 0 Å². The van der Waals surface area contributed by atoms with Crippen molar-refractivity contribution >= 4 is 37.1 Å². The van der Waals surface area contributed by atoms with Gasteiger partial charge in [-0.25, -0.2) is 0 Å². The van der Waals surface area contributed by atoms with Crippen LogP contribution in [-0.4, -0.2) is 11.3 Å². The van der Waals surface area contributed by atoms with Crippen LogP contribution in [0.1, 0.15) is 38.5 Å². The molecule has 2 aliphatic rings. The second-order valence-corrected chi connectivity index (χ2v) is 15.3. The van der Waals surface area contributed by atoms with E-state index in [2.05, 4.69) is 121 Å². The Morgan fingerprint density at radius 3 is 0.917 bits per heavy atom. The van der Waals surface area contributed by atoms with Gasteiger partial charge in [-0.15, -0.1) is 0 Å². The van der Waals surface area contributed by atoms with Gasteiger partial charge in [-0.2, -0.15) is 0 Å². The molecule has 0 nitrogen and oxygen atoms in total. The smallest absolute Gasteiger partial charge is 0.00976 e. The van der Waals surface area contributed by atoms with Crippen LogP contribution >= 0.6 is 15.8 Å². The molecule has 4 aromatic rings. The molecule has 2 aliphatic carbocycles. The standard InChI is InChI=1S/C34H36P2/c1-5-15-27(16-6-1)35(28-17-7-2-8-18-28)33-25-13-23-31(33)32-24-14-26-34(32)36(29-19-9-3-10-20-29)30-21-11-4-12-22-30/h1-12,15-22,31-34H,13-14,23-26H2/t31-,32?,33+,34-/m1/s1. The van der Waals surface area contributed by atoms with Crippen molar-refractivity contribution in [3.8, 4) is 0 Å². The third-order valence-electron chi connectivity index (χ3n) is 8.41. The van der Waals surface area contributed by atoms with E-state index in [9.17, 15) is 0 Å². The van der Waals surface area contributed by atoms with Crippen LogP contribution in [0.2, 0.25) is 0 Å². The van der Waals surface area contributed by atoms with E-state index in [1.54, 1.807) is 21.2 Å². The van der Waals surface area contributed by atoms with Gasteiger partial charge >= 0.3 is 0 Å². The summed E-state index contributed by atoms with van der Waals surface area (Å²) in [6.45, 7) is 0. The summed E-state index contributed by atoms with van der Waals surface area (Å²) in [5.41, 5.74) is 1.58. The highest BCUT2D eigenvalue weighted by molar-refractivity contribution is 7.74. The third kappa shape index (κ3) is 4.96. The van der Waals surface area contributed by atoms with Gasteiger partial charge in [0.05, 0.1) is 0 Å². The topological polar surface area (TPSA) is 0 Å². The molecule has 2 saturated carbocycles. The van der Waals surface area contributed by atoms with E-state index in [0.29, 0.717) is 0 Å². The van der Waals surface area contributed by atoms with E-state index in [1.807, 2.05) is 0 Å². The van der Waals surface area contributed by atoms with Crippen LogP contribution in [0.4, 0.5) is 0 Å². The van der Waals surface area contributed by atoms with Crippen molar-refractivity contribution in [2.75, 3.05) is 0 Å². The Balaban J connectivity index is 1.38. The summed E-state index contributed by atoms with van der Waals surface area (Å²) in [5.74, 6) is 1.67. The van der Waals surface area contributed by atoms with Gasteiger partial charge in [0, 0.05) is 0 Å². The maximum absolute atomic E-state index is 2.40. The van der Waals surface area contributed by atoms with Gasteiger partial charge in [0.1, 0.15) is 0 Å². The van der Waals surface area contributed by atoms with E-state index in [1.165, 1.54) is 38.5 Å². The van der Waals surface area contributed by atoms with E-state index >= 15 is 0 Å². The molecule has 0 radical (unpaired) electrons. The van der Waals surface area contributed by atoms with Crippen molar-refractivity contribution in [2.24, 2.45) is 11.8 Å². The minimum Gasteiger partial charge on any atom is -0.0622 e. The van der Waals surface area contributed by atoms with Gasteiger partial charge in [-0.05, 0) is 85.9 Å². The zero-order chi connectivity index (χ0) is 24.2. The van der Waals surface area contributed by atoms with Crippen LogP contribution in [0.3, 0.4) is 0 Å². The first-order valence-corrected chi connectivity index (χ1v) is 16.5. The fourth-order valence-electron chi connectivity index (χ4n) is 7.00. The summed E-state index contributed by atoms with van der Waals surface area (Å²) >= 11 is 0. The first-order chi connectivity index (χ1) is 17.9. The summed E-state index contributed by atoms with van der Waals surface area (Å²) in [6.07, 6.45) is 8.39. The molecule has 0 bridgehead atoms. The first kappa shape index (κ1) is 24.1. The highest BCUT2D eigenvalue weighted by Crippen LogP contribution is 2.59. The summed E-state index contributed by atoms with van der Waals surface area (Å²) < 4.78 is 0. The average Bonchev–Trinajstić information content (AvgIpc) is 3.62. The van der Waals surface area contributed by atoms with Gasteiger partial charge in [0.25, 0.3) is 0 Å². The van der Waals surface area contributed by atoms with Gasteiger partial charge < -0.3 is 0 Å². The molecule has 36 heavy (non-hydrogen) atoms. The fraction of sp³-hybridized carbons (Fsp3) is 0.294. The SMILES string of the molecule is c1ccc(P(c2ccccc2)[C@@H]2CCCC2[C@H]2CCC[C@@H]2P(c2ccccc2)c2ccccc2)cc1. The first-order valence-electron chi connectivity index (χ1n) is 13.7. The van der Waals surface area contributed by atoms with Crippen LogP contribution in [-0.2, 0) is 0 Å². The Hall–Kier alpha value is -2.26. The quantitative estimate of drug-likeness (QED) is 0.227. The van der Waals surface area contributed by atoms with E-state index < -0.39 is 0 Å². The normalized spacial score (nSPS) is 23.9. The zero-order valence-corrected chi connectivity index (χ0v) is 22.8. The molecular formula is C34H36P2. The van der Waals surface area contributed by atoms with E-state index in [-0.39, 0.29) is 15.8 Å². The van der Waals surface area contributed by atoms with Gasteiger partial charge in [-0.3, -0.25) is 0 Å². The highest BCUT2D eigenvalue weighted by atomic mass is 31.1. The van der Waals surface area contributed by atoms with Gasteiger partial charge in [0.2, 0.25) is 0 Å². The Labute approximate surface area is 219 Å². The molecule has 0 spiro atoms. The summed E-state index contributed by atoms with van der Waals surface area (Å²) in [5, 5.41) is 6.27. The minimum absolute atomic E-state index is 0.347. The maximum atomic E-state index is 2.40. The molecule has 0 saturated heterocycles. The van der Waals surface area contributed by atoms with Gasteiger partial charge in [-0.1, -0.05) is 134 Å². The molecule has 0 aliphatic heterocycles. The Morgan fingerprint density at radius 1 is 0.361 bits per heavy atom. The van der Waals surface area contributed by atoms with Crippen molar-refractivity contribution in [1.82, 2.24) is 0 Å². The van der Waals surface area contributed by atoms with Crippen molar-refractivity contribution in [3.63, 3.8) is 0 Å². The summed E-state index contributed by atoms with van der Waals surface area (Å²) in [4.78, 5) is 0. The van der Waals surface area contributed by atoms with Crippen LogP contribution in [0.25, 0.3) is 0 Å². The molecule has 182 valence electrons. The molecule has 1 unspecified atom stereocenters. The lowest BCUT2D eigenvalue weighted by molar-refractivity contribution is 0.358. The number of hydrogen-bond acceptors (Lipinski definition) is 0. The van der Waals surface area contributed by atoms with E-state index in [4.69, 9.17) is 0 Å². The fourth-order valence-corrected chi connectivity index (χ4v) is 13.5. The van der Waals surface area contributed by atoms with Crippen LogP contribution < -0.4 is 21.2 Å². The third-order valence-corrected chi connectivity index (χ3v) is 14.4. The maximum Gasteiger partial charge on any atom is -0.00976 e. The second-order valence-electron chi connectivity index (χ2n) is 10.4. The predicted octanol–water partition coefficient (Wildman–Crippen LogP) is 7.59. The summed E-state index contributed by atoms with van der Waals surface area (Å²) in [6, 6.07) is 45.9.